The number of esters is 2. The lowest BCUT2D eigenvalue weighted by molar-refractivity contribution is -0.870. The van der Waals surface area contributed by atoms with Gasteiger partial charge in [-0.25, -0.2) is 0 Å². The molecule has 0 aliphatic heterocycles. The third kappa shape index (κ3) is 63.4. The molecule has 0 aromatic heterocycles. The number of nitrogens with zero attached hydrogens (tertiary/aromatic N) is 1. The Hall–Kier alpha value is -4.05. The standard InChI is InChI=1S/C72H123NO8/c1-6-8-10-12-14-16-18-20-22-24-26-28-30-31-32-33-34-35-36-37-38-39-41-43-45-47-49-51-53-55-57-59-61-63-70(75)81-68(67-80-72(71(76)77)78-65-64-73(3,4)5)66-79-69(74)62-60-58-56-54-52-50-48-46-44-42-40-29-27-25-23-21-19-17-15-13-11-9-7-2/h8-11,14-17,20-23,26-29,31-32,68,72H,6-7,12-13,18-19,24-25,30,33-67H2,1-5H3/b10-8-,11-9-,16-14-,17-15-,22-20-,23-21-,28-26-,29-27-,32-31-. The first-order chi connectivity index (χ1) is 39.6. The molecule has 0 N–H and O–H groups in total. The van der Waals surface area contributed by atoms with E-state index in [1.54, 1.807) is 0 Å². The molecule has 0 heterocycles. The fraction of sp³-hybridized carbons (Fsp3) is 0.708. The van der Waals surface area contributed by atoms with Gasteiger partial charge in [-0.05, 0) is 96.3 Å². The second-order valence-electron chi connectivity index (χ2n) is 23.0. The minimum absolute atomic E-state index is 0.143. The van der Waals surface area contributed by atoms with Crippen LogP contribution in [0.15, 0.2) is 109 Å². The van der Waals surface area contributed by atoms with Gasteiger partial charge in [0.25, 0.3) is 0 Å². The molecule has 0 saturated carbocycles. The molecule has 9 heteroatoms. The second kappa shape index (κ2) is 62.0. The molecule has 0 amide bonds. The van der Waals surface area contributed by atoms with Crippen LogP contribution in [-0.4, -0.2) is 82.3 Å². The summed E-state index contributed by atoms with van der Waals surface area (Å²) in [5, 5.41) is 11.8. The number of hydrogen-bond acceptors (Lipinski definition) is 8. The number of rotatable bonds is 60. The highest BCUT2D eigenvalue weighted by atomic mass is 16.7. The number of carboxylic acid groups (broad SMARTS) is 1. The lowest BCUT2D eigenvalue weighted by Crippen LogP contribution is -2.44. The number of allylic oxidation sites excluding steroid dienone is 18. The van der Waals surface area contributed by atoms with Gasteiger partial charge >= 0.3 is 11.9 Å². The van der Waals surface area contributed by atoms with Crippen LogP contribution in [-0.2, 0) is 33.3 Å². The first kappa shape index (κ1) is 77.0. The van der Waals surface area contributed by atoms with Crippen LogP contribution in [0.1, 0.15) is 271 Å². The largest absolute Gasteiger partial charge is 0.545 e. The van der Waals surface area contributed by atoms with Crippen LogP contribution in [0.3, 0.4) is 0 Å². The summed E-state index contributed by atoms with van der Waals surface area (Å²) in [5.74, 6) is -2.29. The van der Waals surface area contributed by atoms with E-state index < -0.39 is 24.3 Å². The predicted molar refractivity (Wildman–Crippen MR) is 343 cm³/mol. The number of unbranched alkanes of at least 4 members (excludes halogenated alkanes) is 27. The molecule has 9 nitrogen and oxygen atoms in total. The summed E-state index contributed by atoms with van der Waals surface area (Å²) < 4.78 is 22.8. The van der Waals surface area contributed by atoms with E-state index in [9.17, 15) is 19.5 Å². The molecule has 0 spiro atoms. The van der Waals surface area contributed by atoms with Crippen LogP contribution in [0.5, 0.6) is 0 Å². The molecule has 464 valence electrons. The Kier molecular flexibility index (Phi) is 58.9. The van der Waals surface area contributed by atoms with Crippen LogP contribution in [0.2, 0.25) is 0 Å². The zero-order chi connectivity index (χ0) is 59.1. The Morgan fingerprint density at radius 3 is 0.988 bits per heavy atom. The average Bonchev–Trinajstić information content (AvgIpc) is 3.44. The summed E-state index contributed by atoms with van der Waals surface area (Å²) in [5.41, 5.74) is 0. The van der Waals surface area contributed by atoms with Gasteiger partial charge in [-0.3, -0.25) is 9.59 Å². The van der Waals surface area contributed by atoms with Crippen molar-refractivity contribution in [3.05, 3.63) is 109 Å². The molecule has 81 heavy (non-hydrogen) atoms. The first-order valence-corrected chi connectivity index (χ1v) is 33.0. The van der Waals surface area contributed by atoms with Crippen molar-refractivity contribution in [2.75, 3.05) is 47.5 Å². The number of ether oxygens (including phenoxy) is 4. The highest BCUT2D eigenvalue weighted by molar-refractivity contribution is 5.70. The minimum atomic E-state index is -1.63. The van der Waals surface area contributed by atoms with Crippen molar-refractivity contribution in [2.45, 2.75) is 283 Å². The molecule has 2 unspecified atom stereocenters. The van der Waals surface area contributed by atoms with Crippen molar-refractivity contribution in [3.8, 4) is 0 Å². The maximum atomic E-state index is 12.9. The number of likely N-dealkylation sites (N-methyl/N-ethyl adjacent to an activating group) is 1. The predicted octanol–water partition coefficient (Wildman–Crippen LogP) is 18.9. The van der Waals surface area contributed by atoms with E-state index in [1.165, 1.54) is 135 Å². The van der Waals surface area contributed by atoms with Gasteiger partial charge in [0.1, 0.15) is 13.2 Å². The summed E-state index contributed by atoms with van der Waals surface area (Å²) in [6.45, 7) is 4.53. The van der Waals surface area contributed by atoms with Crippen molar-refractivity contribution < 1.29 is 42.9 Å². The number of carbonyl (C=O) groups excluding carboxylic acids is 3. The SMILES string of the molecule is CC/C=C\C/C=C\C/C=C\C/C=C\C/C=C\CCCCCCCCCCCCCCCCCCCC(=O)OC(COC(=O)CCCCCCCCCCCC/C=C\C/C=C\C/C=C\C/C=C\CC)COC(OCC[N+](C)(C)C)C(=O)[O-]. The maximum Gasteiger partial charge on any atom is 0.306 e. The van der Waals surface area contributed by atoms with Gasteiger partial charge in [0.05, 0.1) is 40.3 Å². The van der Waals surface area contributed by atoms with Gasteiger partial charge in [-0.2, -0.15) is 0 Å². The molecule has 2 atom stereocenters. The Bertz CT molecular complexity index is 1700. The van der Waals surface area contributed by atoms with E-state index in [0.29, 0.717) is 17.4 Å². The van der Waals surface area contributed by atoms with Crippen LogP contribution in [0, 0.1) is 0 Å². The van der Waals surface area contributed by atoms with Crippen LogP contribution in [0.4, 0.5) is 0 Å². The van der Waals surface area contributed by atoms with E-state index in [1.807, 2.05) is 21.1 Å². The van der Waals surface area contributed by atoms with E-state index in [4.69, 9.17) is 18.9 Å². The highest BCUT2D eigenvalue weighted by Crippen LogP contribution is 2.17. The molecule has 0 radical (unpaired) electrons. The third-order valence-corrected chi connectivity index (χ3v) is 14.0. The zero-order valence-corrected chi connectivity index (χ0v) is 52.9. The molecular weight excluding hydrogens is 1010 g/mol. The number of carboxylic acids is 1. The van der Waals surface area contributed by atoms with Gasteiger partial charge in [-0.15, -0.1) is 0 Å². The fourth-order valence-electron chi connectivity index (χ4n) is 9.03. The van der Waals surface area contributed by atoms with Crippen molar-refractivity contribution in [2.24, 2.45) is 0 Å². The van der Waals surface area contributed by atoms with Crippen molar-refractivity contribution in [1.29, 1.82) is 0 Å². The van der Waals surface area contributed by atoms with Gasteiger partial charge in [0.2, 0.25) is 0 Å². The normalized spacial score (nSPS) is 13.4. The topological polar surface area (TPSA) is 111 Å². The number of aliphatic carboxylic acids is 1. The smallest absolute Gasteiger partial charge is 0.306 e. The van der Waals surface area contributed by atoms with E-state index in [-0.39, 0.29) is 38.6 Å². The van der Waals surface area contributed by atoms with Crippen LogP contribution >= 0.6 is 0 Å². The molecule has 0 aliphatic carbocycles. The summed E-state index contributed by atoms with van der Waals surface area (Å²) in [7, 11) is 5.93. The van der Waals surface area contributed by atoms with E-state index >= 15 is 0 Å². The fourth-order valence-corrected chi connectivity index (χ4v) is 9.03. The summed E-state index contributed by atoms with van der Waals surface area (Å²) >= 11 is 0. The molecule has 0 bridgehead atoms. The Labute approximate surface area is 498 Å². The molecule has 0 aromatic carbocycles. The zero-order valence-electron chi connectivity index (χ0n) is 52.9. The number of carbonyl (C=O) groups is 3. The van der Waals surface area contributed by atoms with Gasteiger partial charge in [0.15, 0.2) is 12.4 Å². The van der Waals surface area contributed by atoms with Crippen molar-refractivity contribution in [3.63, 3.8) is 0 Å². The number of quaternary nitrogens is 1. The molecule has 0 aliphatic rings. The summed E-state index contributed by atoms with van der Waals surface area (Å²) in [6.07, 6.45) is 83.0. The molecule has 0 aromatic rings. The molecule has 0 fully saturated rings. The Balaban J connectivity index is 4.13. The summed E-state index contributed by atoms with van der Waals surface area (Å²) in [6, 6.07) is 0. The van der Waals surface area contributed by atoms with Crippen molar-refractivity contribution in [1.82, 2.24) is 0 Å². The molecule has 0 rings (SSSR count). The second-order valence-corrected chi connectivity index (χ2v) is 23.0. The summed E-state index contributed by atoms with van der Waals surface area (Å²) in [4.78, 5) is 37.4. The molecule has 0 saturated heterocycles. The van der Waals surface area contributed by atoms with Crippen molar-refractivity contribution >= 4 is 17.9 Å². The monoisotopic (exact) mass is 1130 g/mol. The van der Waals surface area contributed by atoms with Gasteiger partial charge < -0.3 is 33.3 Å². The van der Waals surface area contributed by atoms with E-state index in [0.717, 1.165) is 103 Å². The highest BCUT2D eigenvalue weighted by Gasteiger charge is 2.22. The Morgan fingerprint density at radius 1 is 0.370 bits per heavy atom. The minimum Gasteiger partial charge on any atom is -0.545 e. The Morgan fingerprint density at radius 2 is 0.667 bits per heavy atom. The third-order valence-electron chi connectivity index (χ3n) is 14.0. The van der Waals surface area contributed by atoms with Crippen LogP contribution < -0.4 is 5.11 Å². The maximum absolute atomic E-state index is 12.9. The lowest BCUT2D eigenvalue weighted by Gasteiger charge is -2.26. The average molecular weight is 1130 g/mol. The van der Waals surface area contributed by atoms with Gasteiger partial charge in [0, 0.05) is 12.8 Å². The lowest BCUT2D eigenvalue weighted by atomic mass is 10.0. The van der Waals surface area contributed by atoms with E-state index in [2.05, 4.69) is 123 Å². The number of hydrogen-bond donors (Lipinski definition) is 0. The molecular formula is C72H123NO8. The quantitative estimate of drug-likeness (QED) is 0.0195. The van der Waals surface area contributed by atoms with Crippen LogP contribution in [0.25, 0.3) is 0 Å². The van der Waals surface area contributed by atoms with Gasteiger partial charge in [-0.1, -0.05) is 271 Å². The first-order valence-electron chi connectivity index (χ1n) is 33.0.